The predicted octanol–water partition coefficient (Wildman–Crippen LogP) is 5.21. The zero-order valence-corrected chi connectivity index (χ0v) is 25.1. The molecule has 224 valence electrons. The van der Waals surface area contributed by atoms with Gasteiger partial charge < -0.3 is 29.9 Å². The Hall–Kier alpha value is -0.500. The van der Waals surface area contributed by atoms with E-state index in [-0.39, 0.29) is 11.5 Å². The molecule has 1 unspecified atom stereocenters. The summed E-state index contributed by atoms with van der Waals surface area (Å²) in [5.41, 5.74) is 2.20. The van der Waals surface area contributed by atoms with Crippen LogP contribution in [0.25, 0.3) is 0 Å². The van der Waals surface area contributed by atoms with E-state index in [1.807, 2.05) is 0 Å². The average Bonchev–Trinajstić information content (AvgIpc) is 3.26. The lowest BCUT2D eigenvalue weighted by molar-refractivity contribution is -0.313. The van der Waals surface area contributed by atoms with E-state index >= 15 is 0 Å². The Bertz CT molecular complexity index is 872. The smallest absolute Gasteiger partial charge is 0.186 e. The monoisotopic (exact) mass is 548 g/mol. The molecule has 0 aromatic rings. The molecule has 0 radical (unpaired) electrons. The summed E-state index contributed by atoms with van der Waals surface area (Å²) in [7, 11) is 0. The maximum atomic E-state index is 10.5. The Morgan fingerprint density at radius 1 is 0.949 bits per heavy atom. The zero-order chi connectivity index (χ0) is 28.1. The first-order valence-electron chi connectivity index (χ1n) is 16.1. The summed E-state index contributed by atoms with van der Waals surface area (Å²) in [6.45, 7) is 12.0. The molecule has 5 aliphatic rings. The topological polar surface area (TPSA) is 99.4 Å². The Balaban J connectivity index is 1.24. The number of allylic oxidation sites excluding steroid dienone is 1. The predicted molar refractivity (Wildman–Crippen MR) is 152 cm³/mol. The van der Waals surface area contributed by atoms with Crippen LogP contribution in [-0.2, 0) is 9.47 Å². The fourth-order valence-electron chi connectivity index (χ4n) is 10.1. The van der Waals surface area contributed by atoms with Gasteiger partial charge in [-0.15, -0.1) is 0 Å². The number of rotatable bonds is 8. The van der Waals surface area contributed by atoms with E-state index in [2.05, 4.69) is 40.7 Å². The second-order valence-electron chi connectivity index (χ2n) is 15.0. The number of aliphatic hydroxyl groups is 4. The SMILES string of the molecule is CC(C)CCC[C@@H](C)[C@H]1CC[C@H]2[C@@H]3CC=C4CC(O[C@@H]5O[C@H](CO)[C@@H](O)[C@H](O)[C@H]5O)CC[C@]4(C)[C@H]3CC[C@]12C. The average molecular weight is 549 g/mol. The zero-order valence-electron chi connectivity index (χ0n) is 25.1. The number of hydrogen-bond acceptors (Lipinski definition) is 6. The highest BCUT2D eigenvalue weighted by molar-refractivity contribution is 5.25. The molecule has 6 nitrogen and oxygen atoms in total. The van der Waals surface area contributed by atoms with Crippen LogP contribution >= 0.6 is 0 Å². The van der Waals surface area contributed by atoms with Gasteiger partial charge in [-0.05, 0) is 97.7 Å². The van der Waals surface area contributed by atoms with Gasteiger partial charge >= 0.3 is 0 Å². The molecule has 39 heavy (non-hydrogen) atoms. The summed E-state index contributed by atoms with van der Waals surface area (Å²) in [6.07, 6.45) is 9.98. The number of hydrogen-bond donors (Lipinski definition) is 4. The van der Waals surface area contributed by atoms with Crippen LogP contribution in [-0.4, -0.2) is 63.8 Å². The Labute approximate surface area is 236 Å². The molecule has 4 fully saturated rings. The molecule has 0 amide bonds. The Morgan fingerprint density at radius 2 is 1.72 bits per heavy atom. The second-order valence-corrected chi connectivity index (χ2v) is 15.0. The highest BCUT2D eigenvalue weighted by Crippen LogP contribution is 2.67. The largest absolute Gasteiger partial charge is 0.394 e. The van der Waals surface area contributed by atoms with E-state index in [1.165, 1.54) is 56.9 Å². The third-order valence-corrected chi connectivity index (χ3v) is 12.4. The highest BCUT2D eigenvalue weighted by Gasteiger charge is 2.59. The molecule has 1 heterocycles. The maximum absolute atomic E-state index is 10.5. The van der Waals surface area contributed by atoms with Gasteiger partial charge in [0.15, 0.2) is 6.29 Å². The minimum Gasteiger partial charge on any atom is -0.394 e. The molecule has 1 aliphatic heterocycles. The van der Waals surface area contributed by atoms with Crippen LogP contribution in [0.4, 0.5) is 0 Å². The molecule has 0 aromatic carbocycles. The van der Waals surface area contributed by atoms with Crippen molar-refractivity contribution >= 4 is 0 Å². The van der Waals surface area contributed by atoms with Gasteiger partial charge in [-0.3, -0.25) is 0 Å². The molecule has 4 N–H and O–H groups in total. The molecule has 1 saturated heterocycles. The summed E-state index contributed by atoms with van der Waals surface area (Å²) in [5.74, 6) is 4.87. The van der Waals surface area contributed by atoms with Crippen LogP contribution in [0.5, 0.6) is 0 Å². The summed E-state index contributed by atoms with van der Waals surface area (Å²) in [5, 5.41) is 40.3. The van der Waals surface area contributed by atoms with Gasteiger partial charge in [0.2, 0.25) is 0 Å². The van der Waals surface area contributed by atoms with E-state index in [0.29, 0.717) is 5.41 Å². The number of aliphatic hydroxyl groups excluding tert-OH is 4. The molecule has 3 saturated carbocycles. The van der Waals surface area contributed by atoms with Crippen LogP contribution in [0, 0.1) is 46.3 Å². The molecular formula is C33H56O6. The number of fused-ring (bicyclic) bond motifs is 5. The molecule has 4 aliphatic carbocycles. The molecular weight excluding hydrogens is 492 g/mol. The standard InChI is InChI=1S/C33H56O6/c1-19(2)7-6-8-20(3)24-11-12-25-23-10-9-21-17-22(13-15-32(21,4)26(23)14-16-33(24,25)5)38-31-30(37)29(36)28(35)27(18-34)39-31/h9,19-20,22-31,34-37H,6-8,10-18H2,1-5H3/t20-,22?,23+,24-,25+,26+,27-,28-,29+,30-,31-,32+,33-/m1/s1. The molecule has 0 bridgehead atoms. The quantitative estimate of drug-likeness (QED) is 0.311. The number of ether oxygens (including phenoxy) is 2. The van der Waals surface area contributed by atoms with E-state index in [9.17, 15) is 20.4 Å². The molecule has 5 rings (SSSR count). The van der Waals surface area contributed by atoms with Gasteiger partial charge in [0.25, 0.3) is 0 Å². The van der Waals surface area contributed by atoms with E-state index in [1.54, 1.807) is 0 Å². The first kappa shape index (κ1) is 30.0. The van der Waals surface area contributed by atoms with Gasteiger partial charge in [-0.1, -0.05) is 65.5 Å². The fraction of sp³-hybridized carbons (Fsp3) is 0.939. The summed E-state index contributed by atoms with van der Waals surface area (Å²) in [4.78, 5) is 0. The first-order valence-corrected chi connectivity index (χ1v) is 16.1. The lowest BCUT2D eigenvalue weighted by Gasteiger charge is -2.58. The fourth-order valence-corrected chi connectivity index (χ4v) is 10.1. The van der Waals surface area contributed by atoms with E-state index in [0.717, 1.165) is 54.8 Å². The van der Waals surface area contributed by atoms with E-state index < -0.39 is 37.3 Å². The summed E-state index contributed by atoms with van der Waals surface area (Å²) in [6, 6.07) is 0. The van der Waals surface area contributed by atoms with Gasteiger partial charge in [0, 0.05) is 0 Å². The van der Waals surface area contributed by atoms with Crippen molar-refractivity contribution in [1.82, 2.24) is 0 Å². The lowest BCUT2D eigenvalue weighted by Crippen LogP contribution is -2.60. The van der Waals surface area contributed by atoms with Gasteiger partial charge in [-0.2, -0.15) is 0 Å². The van der Waals surface area contributed by atoms with Crippen LogP contribution in [0.15, 0.2) is 11.6 Å². The van der Waals surface area contributed by atoms with Crippen molar-refractivity contribution in [2.75, 3.05) is 6.61 Å². The van der Waals surface area contributed by atoms with Crippen molar-refractivity contribution in [2.45, 2.75) is 142 Å². The van der Waals surface area contributed by atoms with Crippen molar-refractivity contribution in [2.24, 2.45) is 46.3 Å². The van der Waals surface area contributed by atoms with Crippen molar-refractivity contribution in [3.05, 3.63) is 11.6 Å². The molecule has 0 spiro atoms. The minimum atomic E-state index is -1.39. The lowest BCUT2D eigenvalue weighted by atomic mass is 9.47. The van der Waals surface area contributed by atoms with Crippen LogP contribution in [0.3, 0.4) is 0 Å². The van der Waals surface area contributed by atoms with Gasteiger partial charge in [-0.25, -0.2) is 0 Å². The molecule has 6 heteroatoms. The Morgan fingerprint density at radius 3 is 2.44 bits per heavy atom. The Kier molecular flexibility index (Phi) is 8.95. The summed E-state index contributed by atoms with van der Waals surface area (Å²) >= 11 is 0. The second kappa shape index (κ2) is 11.6. The van der Waals surface area contributed by atoms with Crippen molar-refractivity contribution < 1.29 is 29.9 Å². The van der Waals surface area contributed by atoms with Crippen LogP contribution in [0.2, 0.25) is 0 Å². The third kappa shape index (κ3) is 5.41. The van der Waals surface area contributed by atoms with Gasteiger partial charge in [0.05, 0.1) is 12.7 Å². The normalized spacial score (nSPS) is 48.7. The minimum absolute atomic E-state index is 0.0984. The molecule has 0 aromatic heterocycles. The maximum Gasteiger partial charge on any atom is 0.186 e. The van der Waals surface area contributed by atoms with Crippen molar-refractivity contribution in [1.29, 1.82) is 0 Å². The molecule has 13 atom stereocenters. The van der Waals surface area contributed by atoms with Crippen molar-refractivity contribution in [3.63, 3.8) is 0 Å². The van der Waals surface area contributed by atoms with Gasteiger partial charge in [0.1, 0.15) is 24.4 Å². The van der Waals surface area contributed by atoms with Crippen LogP contribution in [0.1, 0.15) is 105 Å². The highest BCUT2D eigenvalue weighted by atomic mass is 16.7. The summed E-state index contributed by atoms with van der Waals surface area (Å²) < 4.78 is 11.9. The van der Waals surface area contributed by atoms with Crippen molar-refractivity contribution in [3.8, 4) is 0 Å². The van der Waals surface area contributed by atoms with Crippen LogP contribution < -0.4 is 0 Å². The first-order chi connectivity index (χ1) is 18.5. The third-order valence-electron chi connectivity index (χ3n) is 12.4. The van der Waals surface area contributed by atoms with E-state index in [4.69, 9.17) is 9.47 Å².